The standard InChI is InChI=1S/C15H26N4O/c1-5-10-19(11-14(20)18(3)4)15(12(2)16)13-8-6-7-9-17-13/h6-9,12,15H,5,10-11,16H2,1-4H3. The normalized spacial score (nSPS) is 14.1. The molecule has 0 spiro atoms. The number of carbonyl (C=O) groups is 1. The third-order valence-corrected chi connectivity index (χ3v) is 3.23. The van der Waals surface area contributed by atoms with E-state index in [-0.39, 0.29) is 18.0 Å². The highest BCUT2D eigenvalue weighted by Gasteiger charge is 2.26. The Hall–Kier alpha value is -1.46. The molecule has 1 amide bonds. The van der Waals surface area contributed by atoms with Gasteiger partial charge in [-0.15, -0.1) is 0 Å². The number of pyridine rings is 1. The first-order valence-electron chi connectivity index (χ1n) is 7.08. The first-order valence-corrected chi connectivity index (χ1v) is 7.08. The van der Waals surface area contributed by atoms with Crippen LogP contribution in [0.3, 0.4) is 0 Å². The van der Waals surface area contributed by atoms with Gasteiger partial charge in [0.25, 0.3) is 0 Å². The number of amides is 1. The number of aromatic nitrogens is 1. The number of nitrogens with zero attached hydrogens (tertiary/aromatic N) is 3. The van der Waals surface area contributed by atoms with Gasteiger partial charge in [-0.25, -0.2) is 0 Å². The smallest absolute Gasteiger partial charge is 0.236 e. The van der Waals surface area contributed by atoms with Crippen molar-refractivity contribution >= 4 is 5.91 Å². The molecule has 0 saturated heterocycles. The Kier molecular flexibility index (Phi) is 6.61. The second kappa shape index (κ2) is 7.97. The molecule has 0 bridgehead atoms. The first kappa shape index (κ1) is 16.6. The van der Waals surface area contributed by atoms with Gasteiger partial charge >= 0.3 is 0 Å². The summed E-state index contributed by atoms with van der Waals surface area (Å²) in [4.78, 5) is 20.1. The van der Waals surface area contributed by atoms with Crippen molar-refractivity contribution in [3.63, 3.8) is 0 Å². The van der Waals surface area contributed by atoms with Crippen LogP contribution in [0, 0.1) is 0 Å². The molecule has 1 rings (SSSR count). The topological polar surface area (TPSA) is 62.5 Å². The van der Waals surface area contributed by atoms with Crippen LogP contribution < -0.4 is 5.73 Å². The van der Waals surface area contributed by atoms with Crippen LogP contribution in [0.4, 0.5) is 0 Å². The summed E-state index contributed by atoms with van der Waals surface area (Å²) in [5.41, 5.74) is 7.06. The first-order chi connectivity index (χ1) is 9.47. The van der Waals surface area contributed by atoms with Crippen molar-refractivity contribution in [2.75, 3.05) is 27.2 Å². The van der Waals surface area contributed by atoms with E-state index in [1.54, 1.807) is 25.2 Å². The molecule has 2 unspecified atom stereocenters. The molecular weight excluding hydrogens is 252 g/mol. The molecule has 2 atom stereocenters. The van der Waals surface area contributed by atoms with E-state index in [4.69, 9.17) is 5.73 Å². The molecule has 112 valence electrons. The average Bonchev–Trinajstić information content (AvgIpc) is 2.39. The van der Waals surface area contributed by atoms with Gasteiger partial charge < -0.3 is 10.6 Å². The maximum absolute atomic E-state index is 12.0. The Morgan fingerprint density at radius 2 is 2.10 bits per heavy atom. The predicted molar refractivity (Wildman–Crippen MR) is 81.2 cm³/mol. The summed E-state index contributed by atoms with van der Waals surface area (Å²) in [5.74, 6) is 0.0834. The van der Waals surface area contributed by atoms with Gasteiger partial charge in [0.15, 0.2) is 0 Å². The van der Waals surface area contributed by atoms with E-state index in [0.717, 1.165) is 18.7 Å². The fraction of sp³-hybridized carbons (Fsp3) is 0.600. The van der Waals surface area contributed by atoms with Gasteiger partial charge in [0.1, 0.15) is 0 Å². The number of hydrogen-bond donors (Lipinski definition) is 1. The highest BCUT2D eigenvalue weighted by Crippen LogP contribution is 2.21. The minimum Gasteiger partial charge on any atom is -0.348 e. The van der Waals surface area contributed by atoms with Gasteiger partial charge in [0.05, 0.1) is 18.3 Å². The summed E-state index contributed by atoms with van der Waals surface area (Å²) < 4.78 is 0. The van der Waals surface area contributed by atoms with Crippen molar-refractivity contribution in [1.82, 2.24) is 14.8 Å². The second-order valence-corrected chi connectivity index (χ2v) is 5.32. The van der Waals surface area contributed by atoms with E-state index in [0.29, 0.717) is 6.54 Å². The summed E-state index contributed by atoms with van der Waals surface area (Å²) >= 11 is 0. The van der Waals surface area contributed by atoms with Gasteiger partial charge in [-0.05, 0) is 32.0 Å². The quantitative estimate of drug-likeness (QED) is 0.816. The molecule has 0 aliphatic rings. The van der Waals surface area contributed by atoms with Crippen LogP contribution >= 0.6 is 0 Å². The molecule has 0 aliphatic carbocycles. The van der Waals surface area contributed by atoms with Gasteiger partial charge in [0.2, 0.25) is 5.91 Å². The lowest BCUT2D eigenvalue weighted by atomic mass is 10.0. The average molecular weight is 278 g/mol. The molecule has 20 heavy (non-hydrogen) atoms. The van der Waals surface area contributed by atoms with Crippen LogP contribution in [-0.2, 0) is 4.79 Å². The highest BCUT2D eigenvalue weighted by atomic mass is 16.2. The minimum absolute atomic E-state index is 0.0416. The monoisotopic (exact) mass is 278 g/mol. The molecule has 0 aromatic carbocycles. The van der Waals surface area contributed by atoms with E-state index >= 15 is 0 Å². The second-order valence-electron chi connectivity index (χ2n) is 5.32. The summed E-state index contributed by atoms with van der Waals surface area (Å²) in [7, 11) is 3.54. The van der Waals surface area contributed by atoms with Crippen LogP contribution in [0.5, 0.6) is 0 Å². The minimum atomic E-state index is -0.0913. The number of hydrogen-bond acceptors (Lipinski definition) is 4. The van der Waals surface area contributed by atoms with Crippen molar-refractivity contribution in [2.45, 2.75) is 32.4 Å². The Morgan fingerprint density at radius 3 is 2.55 bits per heavy atom. The number of carbonyl (C=O) groups excluding carboxylic acids is 1. The molecule has 0 saturated carbocycles. The van der Waals surface area contributed by atoms with Crippen LogP contribution in [-0.4, -0.2) is 53.9 Å². The van der Waals surface area contributed by atoms with E-state index in [2.05, 4.69) is 16.8 Å². The highest BCUT2D eigenvalue weighted by molar-refractivity contribution is 5.77. The SMILES string of the molecule is CCCN(CC(=O)N(C)C)C(c1ccccn1)C(C)N. The molecule has 2 N–H and O–H groups in total. The van der Waals surface area contributed by atoms with Crippen LogP contribution in [0.15, 0.2) is 24.4 Å². The largest absolute Gasteiger partial charge is 0.348 e. The molecule has 1 aromatic rings. The number of likely N-dealkylation sites (N-methyl/N-ethyl adjacent to an activating group) is 1. The summed E-state index contributed by atoms with van der Waals surface area (Å²) in [5, 5.41) is 0. The maximum Gasteiger partial charge on any atom is 0.236 e. The van der Waals surface area contributed by atoms with Crippen molar-refractivity contribution in [3.8, 4) is 0 Å². The zero-order valence-corrected chi connectivity index (χ0v) is 12.9. The van der Waals surface area contributed by atoms with Crippen molar-refractivity contribution in [3.05, 3.63) is 30.1 Å². The Labute approximate surface area is 121 Å². The van der Waals surface area contributed by atoms with Gasteiger partial charge in [0, 0.05) is 26.3 Å². The number of nitrogens with two attached hydrogens (primary N) is 1. The van der Waals surface area contributed by atoms with Crippen LogP contribution in [0.25, 0.3) is 0 Å². The van der Waals surface area contributed by atoms with E-state index in [1.807, 2.05) is 25.1 Å². The molecule has 0 radical (unpaired) electrons. The molecule has 5 nitrogen and oxygen atoms in total. The number of rotatable bonds is 7. The zero-order chi connectivity index (χ0) is 15.1. The van der Waals surface area contributed by atoms with Crippen LogP contribution in [0.2, 0.25) is 0 Å². The lowest BCUT2D eigenvalue weighted by Crippen LogP contribution is -2.45. The van der Waals surface area contributed by atoms with Gasteiger partial charge in [-0.1, -0.05) is 13.0 Å². The zero-order valence-electron chi connectivity index (χ0n) is 12.9. The van der Waals surface area contributed by atoms with Crippen molar-refractivity contribution in [2.24, 2.45) is 5.73 Å². The Bertz CT molecular complexity index is 406. The van der Waals surface area contributed by atoms with E-state index in [9.17, 15) is 4.79 Å². The molecule has 0 aliphatic heterocycles. The fourth-order valence-corrected chi connectivity index (χ4v) is 2.26. The lowest BCUT2D eigenvalue weighted by Gasteiger charge is -2.33. The molecule has 1 aromatic heterocycles. The third-order valence-electron chi connectivity index (χ3n) is 3.23. The Morgan fingerprint density at radius 1 is 1.40 bits per heavy atom. The summed E-state index contributed by atoms with van der Waals surface area (Å²) in [6.07, 6.45) is 2.74. The molecular formula is C15H26N4O. The predicted octanol–water partition coefficient (Wildman–Crippen LogP) is 1.27. The molecule has 1 heterocycles. The van der Waals surface area contributed by atoms with Crippen LogP contribution in [0.1, 0.15) is 32.0 Å². The van der Waals surface area contributed by atoms with E-state index < -0.39 is 0 Å². The van der Waals surface area contributed by atoms with Gasteiger partial charge in [-0.2, -0.15) is 0 Å². The third kappa shape index (κ3) is 4.58. The van der Waals surface area contributed by atoms with E-state index in [1.165, 1.54) is 0 Å². The van der Waals surface area contributed by atoms with Crippen molar-refractivity contribution < 1.29 is 4.79 Å². The fourth-order valence-electron chi connectivity index (χ4n) is 2.26. The van der Waals surface area contributed by atoms with Crippen molar-refractivity contribution in [1.29, 1.82) is 0 Å². The summed E-state index contributed by atoms with van der Waals surface area (Å²) in [6.45, 7) is 5.25. The molecule has 0 fully saturated rings. The van der Waals surface area contributed by atoms with Gasteiger partial charge in [-0.3, -0.25) is 14.7 Å². The lowest BCUT2D eigenvalue weighted by molar-refractivity contribution is -0.130. The molecule has 5 heteroatoms. The summed E-state index contributed by atoms with van der Waals surface area (Å²) in [6, 6.07) is 5.68. The maximum atomic E-state index is 12.0. The Balaban J connectivity index is 2.97.